The van der Waals surface area contributed by atoms with Gasteiger partial charge in [-0.25, -0.2) is 0 Å². The molecule has 0 saturated carbocycles. The van der Waals surface area contributed by atoms with Gasteiger partial charge < -0.3 is 19.4 Å². The molecular weight excluding hydrogens is 384 g/mol. The van der Waals surface area contributed by atoms with E-state index in [9.17, 15) is 4.79 Å². The van der Waals surface area contributed by atoms with Crippen LogP contribution < -0.4 is 14.8 Å². The summed E-state index contributed by atoms with van der Waals surface area (Å²) in [5.74, 6) is 1.40. The van der Waals surface area contributed by atoms with Crippen molar-refractivity contribution in [2.45, 2.75) is 19.5 Å². The number of rotatable bonds is 6. The Bertz CT molecular complexity index is 1160. The van der Waals surface area contributed by atoms with Gasteiger partial charge in [0.25, 0.3) is 5.91 Å². The van der Waals surface area contributed by atoms with Crippen LogP contribution >= 0.6 is 11.3 Å². The molecule has 5 rings (SSSR count). The van der Waals surface area contributed by atoms with E-state index in [0.29, 0.717) is 12.2 Å². The van der Waals surface area contributed by atoms with Gasteiger partial charge in [0.2, 0.25) is 6.79 Å². The molecule has 0 fully saturated rings. The maximum Gasteiger partial charge on any atom is 0.268 e. The fourth-order valence-electron chi connectivity index (χ4n) is 3.62. The highest BCUT2D eigenvalue weighted by Gasteiger charge is 2.17. The molecular formula is C23H20N2O3S. The number of carbonyl (C=O) groups is 1. The van der Waals surface area contributed by atoms with Crippen molar-refractivity contribution in [1.29, 1.82) is 0 Å². The lowest BCUT2D eigenvalue weighted by Crippen LogP contribution is -2.25. The lowest BCUT2D eigenvalue weighted by molar-refractivity contribution is 0.0942. The van der Waals surface area contributed by atoms with Crippen molar-refractivity contribution in [2.24, 2.45) is 0 Å². The lowest BCUT2D eigenvalue weighted by atomic mass is 10.1. The molecule has 0 aliphatic carbocycles. The molecule has 0 saturated heterocycles. The third-order valence-electron chi connectivity index (χ3n) is 5.11. The van der Waals surface area contributed by atoms with Gasteiger partial charge in [0.15, 0.2) is 11.5 Å². The van der Waals surface area contributed by atoms with Gasteiger partial charge in [0.1, 0.15) is 5.69 Å². The third kappa shape index (κ3) is 3.59. The fraction of sp³-hybridized carbons (Fsp3) is 0.174. The van der Waals surface area contributed by atoms with Gasteiger partial charge in [-0.1, -0.05) is 36.4 Å². The van der Waals surface area contributed by atoms with E-state index < -0.39 is 0 Å². The number of hydrogen-bond acceptors (Lipinski definition) is 4. The molecule has 146 valence electrons. The van der Waals surface area contributed by atoms with Crippen LogP contribution in [0, 0.1) is 0 Å². The Balaban J connectivity index is 1.33. The number of fused-ring (bicyclic) bond motifs is 2. The Morgan fingerprint density at radius 3 is 2.76 bits per heavy atom. The number of amides is 1. The highest BCUT2D eigenvalue weighted by atomic mass is 32.1. The van der Waals surface area contributed by atoms with Crippen molar-refractivity contribution in [3.8, 4) is 11.5 Å². The van der Waals surface area contributed by atoms with E-state index in [1.807, 2.05) is 42.5 Å². The second kappa shape index (κ2) is 7.64. The number of carbonyl (C=O) groups excluding carboxylic acids is 1. The fourth-order valence-corrected chi connectivity index (χ4v) is 4.44. The predicted molar refractivity (Wildman–Crippen MR) is 114 cm³/mol. The highest BCUT2D eigenvalue weighted by molar-refractivity contribution is 7.17. The van der Waals surface area contributed by atoms with E-state index in [0.717, 1.165) is 40.2 Å². The Morgan fingerprint density at radius 2 is 1.86 bits per heavy atom. The van der Waals surface area contributed by atoms with Gasteiger partial charge in [0.05, 0.1) is 10.2 Å². The van der Waals surface area contributed by atoms with Crippen LogP contribution in [0.25, 0.3) is 10.2 Å². The molecule has 0 bridgehead atoms. The van der Waals surface area contributed by atoms with Crippen LogP contribution in [0.15, 0.2) is 66.0 Å². The molecule has 0 unspecified atom stereocenters. The average molecular weight is 404 g/mol. The quantitative estimate of drug-likeness (QED) is 0.511. The van der Waals surface area contributed by atoms with Crippen molar-refractivity contribution in [3.05, 3.63) is 82.9 Å². The molecule has 1 N–H and O–H groups in total. The zero-order valence-electron chi connectivity index (χ0n) is 15.8. The van der Waals surface area contributed by atoms with Crippen molar-refractivity contribution in [2.75, 3.05) is 6.79 Å². The molecule has 0 radical (unpaired) electrons. The smallest absolute Gasteiger partial charge is 0.268 e. The number of nitrogens with one attached hydrogen (secondary N) is 1. The first-order chi connectivity index (χ1) is 14.3. The van der Waals surface area contributed by atoms with E-state index in [4.69, 9.17) is 9.47 Å². The van der Waals surface area contributed by atoms with Crippen molar-refractivity contribution in [3.63, 3.8) is 0 Å². The molecule has 1 aliphatic rings. The number of nitrogens with zero attached hydrogens (tertiary/aromatic N) is 1. The number of thiophene rings is 1. The van der Waals surface area contributed by atoms with Crippen LogP contribution in [0.5, 0.6) is 11.5 Å². The molecule has 1 aliphatic heterocycles. The summed E-state index contributed by atoms with van der Waals surface area (Å²) in [6, 6.07) is 20.2. The largest absolute Gasteiger partial charge is 0.454 e. The van der Waals surface area contributed by atoms with Crippen LogP contribution in [0.2, 0.25) is 0 Å². The lowest BCUT2D eigenvalue weighted by Gasteiger charge is -2.11. The summed E-state index contributed by atoms with van der Waals surface area (Å²) in [5.41, 5.74) is 4.05. The van der Waals surface area contributed by atoms with Gasteiger partial charge in [-0.05, 0) is 47.2 Å². The minimum Gasteiger partial charge on any atom is -0.454 e. The molecule has 0 atom stereocenters. The first kappa shape index (κ1) is 17.8. The van der Waals surface area contributed by atoms with E-state index in [-0.39, 0.29) is 12.7 Å². The molecule has 1 amide bonds. The van der Waals surface area contributed by atoms with E-state index in [1.165, 1.54) is 5.56 Å². The van der Waals surface area contributed by atoms with E-state index in [1.54, 1.807) is 11.3 Å². The molecule has 3 heterocycles. The molecule has 0 spiro atoms. The second-order valence-corrected chi connectivity index (χ2v) is 7.90. The molecule has 6 heteroatoms. The normalized spacial score (nSPS) is 12.4. The minimum absolute atomic E-state index is 0.0703. The molecule has 5 nitrogen and oxygen atoms in total. The first-order valence-electron chi connectivity index (χ1n) is 9.55. The maximum atomic E-state index is 13.0. The Morgan fingerprint density at radius 1 is 1.00 bits per heavy atom. The van der Waals surface area contributed by atoms with Gasteiger partial charge in [-0.15, -0.1) is 11.3 Å². The van der Waals surface area contributed by atoms with Crippen LogP contribution in [-0.2, 0) is 19.5 Å². The van der Waals surface area contributed by atoms with E-state index >= 15 is 0 Å². The third-order valence-corrected chi connectivity index (χ3v) is 5.97. The van der Waals surface area contributed by atoms with Crippen molar-refractivity contribution < 1.29 is 14.3 Å². The van der Waals surface area contributed by atoms with E-state index in [2.05, 4.69) is 33.5 Å². The molecule has 4 aromatic rings. The summed E-state index contributed by atoms with van der Waals surface area (Å²) in [4.78, 5) is 13.0. The van der Waals surface area contributed by atoms with Crippen molar-refractivity contribution in [1.82, 2.24) is 9.88 Å². The number of aromatic nitrogens is 1. The topological polar surface area (TPSA) is 52.5 Å². The standard InChI is InChI=1S/C23H20N2O3S/c26-23(24-14-17-6-7-20-21(12-17)28-15-27-20)19-13-22-18(9-11-29-22)25(19)10-8-16-4-2-1-3-5-16/h1-7,9,11-13H,8,10,14-15H2,(H,24,26). The summed E-state index contributed by atoms with van der Waals surface area (Å²) < 4.78 is 14.0. The van der Waals surface area contributed by atoms with Crippen LogP contribution in [0.1, 0.15) is 21.6 Å². The number of hydrogen-bond donors (Lipinski definition) is 1. The SMILES string of the molecule is O=C(NCc1ccc2c(c1)OCO2)c1cc2sccc2n1CCc1ccccc1. The predicted octanol–water partition coefficient (Wildman–Crippen LogP) is 4.60. The highest BCUT2D eigenvalue weighted by Crippen LogP contribution is 2.32. The van der Waals surface area contributed by atoms with Gasteiger partial charge in [-0.2, -0.15) is 0 Å². The zero-order valence-corrected chi connectivity index (χ0v) is 16.6. The van der Waals surface area contributed by atoms with Gasteiger partial charge >= 0.3 is 0 Å². The Kier molecular flexibility index (Phi) is 4.69. The zero-order chi connectivity index (χ0) is 19.6. The van der Waals surface area contributed by atoms with Crippen LogP contribution in [0.3, 0.4) is 0 Å². The first-order valence-corrected chi connectivity index (χ1v) is 10.4. The molecule has 2 aromatic carbocycles. The summed E-state index contributed by atoms with van der Waals surface area (Å²) in [5, 5.41) is 5.11. The van der Waals surface area contributed by atoms with Crippen LogP contribution in [0.4, 0.5) is 0 Å². The second-order valence-electron chi connectivity index (χ2n) is 6.96. The van der Waals surface area contributed by atoms with Crippen LogP contribution in [-0.4, -0.2) is 17.3 Å². The van der Waals surface area contributed by atoms with Gasteiger partial charge in [-0.3, -0.25) is 4.79 Å². The minimum atomic E-state index is -0.0703. The number of benzene rings is 2. The summed E-state index contributed by atoms with van der Waals surface area (Å²) in [6.07, 6.45) is 0.878. The average Bonchev–Trinajstić information content (AvgIpc) is 3.47. The molecule has 29 heavy (non-hydrogen) atoms. The Hall–Kier alpha value is -3.25. The van der Waals surface area contributed by atoms with Gasteiger partial charge in [0, 0.05) is 13.1 Å². The summed E-state index contributed by atoms with van der Waals surface area (Å²) >= 11 is 1.66. The Labute approximate surface area is 172 Å². The monoisotopic (exact) mass is 404 g/mol. The summed E-state index contributed by atoms with van der Waals surface area (Å²) in [7, 11) is 0. The maximum absolute atomic E-state index is 13.0. The summed E-state index contributed by atoms with van der Waals surface area (Å²) in [6.45, 7) is 1.45. The van der Waals surface area contributed by atoms with Crippen molar-refractivity contribution >= 4 is 27.5 Å². The number of aryl methyl sites for hydroxylation is 2. The molecule has 2 aromatic heterocycles. The number of ether oxygens (including phenoxy) is 2.